The summed E-state index contributed by atoms with van der Waals surface area (Å²) < 4.78 is 0. The molecule has 2 N–H and O–H groups in total. The fraction of sp³-hybridized carbons (Fsp3) is 0.476. The quantitative estimate of drug-likeness (QED) is 0.695. The van der Waals surface area contributed by atoms with Crippen LogP contribution in [0.5, 0.6) is 0 Å². The van der Waals surface area contributed by atoms with Gasteiger partial charge >= 0.3 is 0 Å². The maximum absolute atomic E-state index is 12.4. The third-order valence-electron chi connectivity index (χ3n) is 5.15. The first-order chi connectivity index (χ1) is 13.8. The minimum Gasteiger partial charge on any atom is -0.363 e. The molecule has 0 radical (unpaired) electrons. The van der Waals surface area contributed by atoms with Gasteiger partial charge in [0.2, 0.25) is 5.95 Å². The van der Waals surface area contributed by atoms with Crippen molar-refractivity contribution >= 4 is 40.9 Å². The van der Waals surface area contributed by atoms with E-state index in [2.05, 4.69) is 20.6 Å². The van der Waals surface area contributed by atoms with Gasteiger partial charge in [0.1, 0.15) is 5.82 Å². The van der Waals surface area contributed by atoms with Crippen molar-refractivity contribution in [1.82, 2.24) is 15.3 Å². The standard InChI is InChI=1S/C21H27Cl2N5O/c1-13-8-19(28(2)3)27-21(25-13)26-18-6-4-14(5-7-18)12-24-20(29)15-9-16(22)11-17(23)10-15/h8-11,14,18H,4-7,12H2,1-3H3,(H,24,29)(H,25,26,27). The molecule has 1 aromatic heterocycles. The lowest BCUT2D eigenvalue weighted by Crippen LogP contribution is -2.34. The third-order valence-corrected chi connectivity index (χ3v) is 5.59. The van der Waals surface area contributed by atoms with Crippen LogP contribution in [-0.2, 0) is 0 Å². The molecule has 1 amide bonds. The molecule has 6 nitrogen and oxygen atoms in total. The van der Waals surface area contributed by atoms with Gasteiger partial charge in [-0.05, 0) is 56.7 Å². The first-order valence-corrected chi connectivity index (χ1v) is 10.6. The number of benzene rings is 1. The van der Waals surface area contributed by atoms with E-state index >= 15 is 0 Å². The minimum atomic E-state index is -0.140. The average Bonchev–Trinajstić information content (AvgIpc) is 2.66. The van der Waals surface area contributed by atoms with Gasteiger partial charge in [-0.3, -0.25) is 4.79 Å². The van der Waals surface area contributed by atoms with Crippen molar-refractivity contribution in [2.45, 2.75) is 38.6 Å². The summed E-state index contributed by atoms with van der Waals surface area (Å²) in [4.78, 5) is 23.4. The maximum Gasteiger partial charge on any atom is 0.251 e. The number of nitrogens with zero attached hydrogens (tertiary/aromatic N) is 3. The molecule has 0 unspecified atom stereocenters. The van der Waals surface area contributed by atoms with Crippen LogP contribution in [0.2, 0.25) is 10.0 Å². The van der Waals surface area contributed by atoms with Gasteiger partial charge in [0.05, 0.1) is 0 Å². The smallest absolute Gasteiger partial charge is 0.251 e. The van der Waals surface area contributed by atoms with Gasteiger partial charge in [0.15, 0.2) is 0 Å². The predicted octanol–water partition coefficient (Wildman–Crippen LogP) is 4.56. The van der Waals surface area contributed by atoms with Crippen LogP contribution in [0.1, 0.15) is 41.7 Å². The zero-order chi connectivity index (χ0) is 21.0. The summed E-state index contributed by atoms with van der Waals surface area (Å²) in [6.45, 7) is 2.63. The largest absolute Gasteiger partial charge is 0.363 e. The zero-order valence-electron chi connectivity index (χ0n) is 17.0. The number of amides is 1. The molecular formula is C21H27Cl2N5O. The second-order valence-electron chi connectivity index (χ2n) is 7.82. The van der Waals surface area contributed by atoms with Crippen LogP contribution in [0.15, 0.2) is 24.3 Å². The summed E-state index contributed by atoms with van der Waals surface area (Å²) in [6, 6.07) is 7.21. The molecule has 1 aromatic carbocycles. The van der Waals surface area contributed by atoms with Crippen LogP contribution in [-0.4, -0.2) is 42.6 Å². The van der Waals surface area contributed by atoms with Crippen molar-refractivity contribution in [3.63, 3.8) is 0 Å². The lowest BCUT2D eigenvalue weighted by atomic mass is 9.86. The molecule has 3 rings (SSSR count). The number of carbonyl (C=O) groups excluding carboxylic acids is 1. The molecule has 1 aliphatic rings. The Hall–Kier alpha value is -2.05. The van der Waals surface area contributed by atoms with Gasteiger partial charge in [0, 0.05) is 54.1 Å². The van der Waals surface area contributed by atoms with Crippen LogP contribution in [0.4, 0.5) is 11.8 Å². The van der Waals surface area contributed by atoms with Crippen LogP contribution < -0.4 is 15.5 Å². The zero-order valence-corrected chi connectivity index (χ0v) is 18.5. The summed E-state index contributed by atoms with van der Waals surface area (Å²) >= 11 is 12.0. The van der Waals surface area contributed by atoms with Gasteiger partial charge in [-0.2, -0.15) is 4.98 Å². The molecule has 1 saturated carbocycles. The first kappa shape index (κ1) is 21.7. The fourth-order valence-electron chi connectivity index (χ4n) is 3.56. The van der Waals surface area contributed by atoms with Crippen molar-refractivity contribution < 1.29 is 4.79 Å². The highest BCUT2D eigenvalue weighted by Gasteiger charge is 2.22. The van der Waals surface area contributed by atoms with E-state index in [1.165, 1.54) is 0 Å². The molecule has 2 aromatic rings. The Morgan fingerprint density at radius 3 is 2.34 bits per heavy atom. The summed E-state index contributed by atoms with van der Waals surface area (Å²) in [6.07, 6.45) is 4.14. The second-order valence-corrected chi connectivity index (χ2v) is 8.69. The Balaban J connectivity index is 1.48. The highest BCUT2D eigenvalue weighted by Crippen LogP contribution is 2.26. The highest BCUT2D eigenvalue weighted by atomic mass is 35.5. The molecule has 0 saturated heterocycles. The van der Waals surface area contributed by atoms with Crippen molar-refractivity contribution in [1.29, 1.82) is 0 Å². The highest BCUT2D eigenvalue weighted by molar-refractivity contribution is 6.35. The van der Waals surface area contributed by atoms with E-state index in [9.17, 15) is 4.79 Å². The summed E-state index contributed by atoms with van der Waals surface area (Å²) in [5, 5.41) is 7.41. The number of aromatic nitrogens is 2. The van der Waals surface area contributed by atoms with Crippen LogP contribution >= 0.6 is 23.2 Å². The number of nitrogens with one attached hydrogen (secondary N) is 2. The number of anilines is 2. The molecule has 8 heteroatoms. The second kappa shape index (κ2) is 9.63. The van der Waals surface area contributed by atoms with E-state index in [4.69, 9.17) is 23.2 Å². The first-order valence-electron chi connectivity index (χ1n) is 9.84. The van der Waals surface area contributed by atoms with E-state index in [0.717, 1.165) is 37.2 Å². The normalized spacial score (nSPS) is 18.9. The number of rotatable bonds is 6. The SMILES string of the molecule is Cc1cc(N(C)C)nc(NC2CCC(CNC(=O)c3cc(Cl)cc(Cl)c3)CC2)n1. The molecule has 29 heavy (non-hydrogen) atoms. The Morgan fingerprint density at radius 2 is 1.72 bits per heavy atom. The Bertz CT molecular complexity index is 846. The van der Waals surface area contributed by atoms with E-state index in [1.54, 1.807) is 18.2 Å². The van der Waals surface area contributed by atoms with E-state index in [1.807, 2.05) is 32.0 Å². The lowest BCUT2D eigenvalue weighted by Gasteiger charge is -2.29. The molecule has 1 aliphatic carbocycles. The van der Waals surface area contributed by atoms with Crippen LogP contribution in [0.3, 0.4) is 0 Å². The Kier molecular flexibility index (Phi) is 7.19. The van der Waals surface area contributed by atoms with E-state index in [-0.39, 0.29) is 5.91 Å². The Morgan fingerprint density at radius 1 is 1.07 bits per heavy atom. The van der Waals surface area contributed by atoms with E-state index < -0.39 is 0 Å². The minimum absolute atomic E-state index is 0.140. The summed E-state index contributed by atoms with van der Waals surface area (Å²) in [5.41, 5.74) is 1.44. The maximum atomic E-state index is 12.4. The molecule has 0 spiro atoms. The topological polar surface area (TPSA) is 70.2 Å². The van der Waals surface area contributed by atoms with Gasteiger partial charge in [0.25, 0.3) is 5.91 Å². The third kappa shape index (κ3) is 6.21. The van der Waals surface area contributed by atoms with Gasteiger partial charge in [-0.1, -0.05) is 23.2 Å². The Labute approximate surface area is 182 Å². The van der Waals surface area contributed by atoms with Crippen LogP contribution in [0.25, 0.3) is 0 Å². The lowest BCUT2D eigenvalue weighted by molar-refractivity contribution is 0.0943. The van der Waals surface area contributed by atoms with Crippen molar-refractivity contribution in [2.24, 2.45) is 5.92 Å². The fourth-order valence-corrected chi connectivity index (χ4v) is 4.09. The number of hydrogen-bond acceptors (Lipinski definition) is 5. The average molecular weight is 436 g/mol. The number of halogens is 2. The monoisotopic (exact) mass is 435 g/mol. The summed E-state index contributed by atoms with van der Waals surface area (Å²) in [5.74, 6) is 1.90. The number of carbonyl (C=O) groups is 1. The number of aryl methyl sites for hydroxylation is 1. The van der Waals surface area contributed by atoms with E-state index in [0.29, 0.717) is 40.1 Å². The van der Waals surface area contributed by atoms with Crippen LogP contribution in [0, 0.1) is 12.8 Å². The van der Waals surface area contributed by atoms with Gasteiger partial charge in [-0.25, -0.2) is 4.98 Å². The molecular weight excluding hydrogens is 409 g/mol. The molecule has 1 fully saturated rings. The molecule has 0 aliphatic heterocycles. The molecule has 0 bridgehead atoms. The van der Waals surface area contributed by atoms with Crippen molar-refractivity contribution in [3.8, 4) is 0 Å². The van der Waals surface area contributed by atoms with Gasteiger partial charge < -0.3 is 15.5 Å². The molecule has 0 atom stereocenters. The predicted molar refractivity (Wildman–Crippen MR) is 119 cm³/mol. The van der Waals surface area contributed by atoms with Crippen molar-refractivity contribution in [2.75, 3.05) is 30.9 Å². The van der Waals surface area contributed by atoms with Gasteiger partial charge in [-0.15, -0.1) is 0 Å². The molecule has 156 valence electrons. The molecule has 1 heterocycles. The summed E-state index contributed by atoms with van der Waals surface area (Å²) in [7, 11) is 3.95. The number of hydrogen-bond donors (Lipinski definition) is 2. The van der Waals surface area contributed by atoms with Crippen molar-refractivity contribution in [3.05, 3.63) is 45.6 Å².